The fourth-order valence-corrected chi connectivity index (χ4v) is 2.82. The molecule has 0 aliphatic carbocycles. The molecule has 0 aromatic rings. The van der Waals surface area contributed by atoms with Crippen molar-refractivity contribution in [2.24, 2.45) is 17.8 Å². The van der Waals surface area contributed by atoms with Gasteiger partial charge in [0.25, 0.3) is 0 Å². The van der Waals surface area contributed by atoms with Gasteiger partial charge in [0.1, 0.15) is 0 Å². The van der Waals surface area contributed by atoms with E-state index in [9.17, 15) is 0 Å². The second kappa shape index (κ2) is 9.24. The summed E-state index contributed by atoms with van der Waals surface area (Å²) in [6.07, 6.45) is 9.78. The molecule has 3 unspecified atom stereocenters. The van der Waals surface area contributed by atoms with Crippen LogP contribution in [-0.2, 0) is 0 Å². The summed E-state index contributed by atoms with van der Waals surface area (Å²) in [6.45, 7) is 11.8. The molecule has 0 heterocycles. The first kappa shape index (κ1) is 15.0. The van der Waals surface area contributed by atoms with Crippen LogP contribution in [0, 0.1) is 17.8 Å². The Labute approximate surface area is 97.8 Å². The van der Waals surface area contributed by atoms with Crippen LogP contribution in [0.4, 0.5) is 0 Å². The molecule has 92 valence electrons. The fourth-order valence-electron chi connectivity index (χ4n) is 2.82. The Morgan fingerprint density at radius 3 is 1.87 bits per heavy atom. The van der Waals surface area contributed by atoms with Crippen molar-refractivity contribution in [3.05, 3.63) is 0 Å². The molecule has 15 heavy (non-hydrogen) atoms. The van der Waals surface area contributed by atoms with Crippen molar-refractivity contribution in [2.75, 3.05) is 0 Å². The smallest absolute Gasteiger partial charge is 0.0360 e. The molecule has 3 atom stereocenters. The van der Waals surface area contributed by atoms with Crippen LogP contribution in [0.15, 0.2) is 0 Å². The van der Waals surface area contributed by atoms with Crippen molar-refractivity contribution < 1.29 is 0 Å². The quantitative estimate of drug-likeness (QED) is 0.462. The molecule has 0 N–H and O–H groups in total. The molecule has 0 rings (SSSR count). The summed E-state index contributed by atoms with van der Waals surface area (Å²) in [5, 5.41) is 0. The molecule has 0 aromatic heterocycles. The van der Waals surface area contributed by atoms with Crippen molar-refractivity contribution in [3.8, 4) is 0 Å². The zero-order valence-corrected chi connectivity index (χ0v) is 11.7. The average Bonchev–Trinajstić information content (AvgIpc) is 2.27. The number of hydrogen-bond acceptors (Lipinski definition) is 0. The van der Waals surface area contributed by atoms with Crippen LogP contribution in [0.5, 0.6) is 0 Å². The Morgan fingerprint density at radius 2 is 1.47 bits per heavy atom. The maximum absolute atomic E-state index is 2.46. The molecule has 0 aromatic carbocycles. The Morgan fingerprint density at radius 1 is 0.800 bits per heavy atom. The molecule has 0 saturated carbocycles. The predicted octanol–water partition coefficient (Wildman–Crippen LogP) is 5.67. The van der Waals surface area contributed by atoms with E-state index in [1.54, 1.807) is 0 Å². The van der Waals surface area contributed by atoms with E-state index in [2.05, 4.69) is 34.6 Å². The second-order valence-electron chi connectivity index (χ2n) is 5.15. The minimum atomic E-state index is 0.924. The van der Waals surface area contributed by atoms with Gasteiger partial charge in [-0.25, -0.2) is 0 Å². The largest absolute Gasteiger partial charge is 0.0654 e. The van der Waals surface area contributed by atoms with Gasteiger partial charge >= 0.3 is 0 Å². The van der Waals surface area contributed by atoms with Gasteiger partial charge in [-0.05, 0) is 24.2 Å². The van der Waals surface area contributed by atoms with Gasteiger partial charge in [-0.3, -0.25) is 0 Å². The summed E-state index contributed by atoms with van der Waals surface area (Å²) >= 11 is 0. The van der Waals surface area contributed by atoms with Crippen molar-refractivity contribution in [2.45, 2.75) is 79.6 Å². The van der Waals surface area contributed by atoms with E-state index in [-0.39, 0.29) is 0 Å². The molecule has 0 bridgehead atoms. The van der Waals surface area contributed by atoms with E-state index in [0.29, 0.717) is 0 Å². The topological polar surface area (TPSA) is 0 Å². The first-order valence-electron chi connectivity index (χ1n) is 7.21. The van der Waals surface area contributed by atoms with Crippen molar-refractivity contribution in [1.29, 1.82) is 0 Å². The van der Waals surface area contributed by atoms with E-state index >= 15 is 0 Å². The monoisotopic (exact) mass is 212 g/mol. The standard InChI is InChI=1S/C15H32/c1-6-10-12-15(13(5)8-3)14(9-4)11-7-2/h13-15H,6-12H2,1-5H3. The molecule has 0 amide bonds. The van der Waals surface area contributed by atoms with E-state index < -0.39 is 0 Å². The Kier molecular flexibility index (Phi) is 9.24. The lowest BCUT2D eigenvalue weighted by atomic mass is 9.75. The molecule has 0 nitrogen and oxygen atoms in total. The van der Waals surface area contributed by atoms with Gasteiger partial charge in [-0.1, -0.05) is 73.1 Å². The molecule has 0 saturated heterocycles. The zero-order valence-electron chi connectivity index (χ0n) is 11.7. The number of rotatable bonds is 9. The summed E-state index contributed by atoms with van der Waals surface area (Å²) in [5.41, 5.74) is 0. The maximum atomic E-state index is 2.46. The van der Waals surface area contributed by atoms with Gasteiger partial charge in [0, 0.05) is 0 Å². The molecule has 0 aliphatic heterocycles. The second-order valence-corrected chi connectivity index (χ2v) is 5.15. The van der Waals surface area contributed by atoms with Gasteiger partial charge in [0.05, 0.1) is 0 Å². The van der Waals surface area contributed by atoms with Crippen LogP contribution < -0.4 is 0 Å². The van der Waals surface area contributed by atoms with Gasteiger partial charge in [0.15, 0.2) is 0 Å². The number of hydrogen-bond donors (Lipinski definition) is 0. The van der Waals surface area contributed by atoms with Gasteiger partial charge in [-0.2, -0.15) is 0 Å². The van der Waals surface area contributed by atoms with Crippen molar-refractivity contribution in [1.82, 2.24) is 0 Å². The molecule has 0 fully saturated rings. The fraction of sp³-hybridized carbons (Fsp3) is 1.00. The normalized spacial score (nSPS) is 17.4. The molecular formula is C15H32. The lowest BCUT2D eigenvalue weighted by Crippen LogP contribution is -2.21. The average molecular weight is 212 g/mol. The highest BCUT2D eigenvalue weighted by molar-refractivity contribution is 4.73. The Hall–Kier alpha value is 0. The highest BCUT2D eigenvalue weighted by Gasteiger charge is 2.23. The van der Waals surface area contributed by atoms with Crippen LogP contribution >= 0.6 is 0 Å². The van der Waals surface area contributed by atoms with Crippen LogP contribution in [-0.4, -0.2) is 0 Å². The highest BCUT2D eigenvalue weighted by Crippen LogP contribution is 2.33. The summed E-state index contributed by atoms with van der Waals surface area (Å²) in [7, 11) is 0. The molecule has 0 heteroatoms. The first-order chi connectivity index (χ1) is 7.21. The Balaban J connectivity index is 4.28. The summed E-state index contributed by atoms with van der Waals surface area (Å²) in [6, 6.07) is 0. The van der Waals surface area contributed by atoms with E-state index in [1.165, 1.54) is 44.9 Å². The van der Waals surface area contributed by atoms with Crippen LogP contribution in [0.2, 0.25) is 0 Å². The van der Waals surface area contributed by atoms with Gasteiger partial charge < -0.3 is 0 Å². The van der Waals surface area contributed by atoms with Crippen LogP contribution in [0.1, 0.15) is 79.6 Å². The van der Waals surface area contributed by atoms with E-state index in [0.717, 1.165) is 17.8 Å². The predicted molar refractivity (Wildman–Crippen MR) is 71.2 cm³/mol. The first-order valence-corrected chi connectivity index (χ1v) is 7.21. The summed E-state index contributed by atoms with van der Waals surface area (Å²) in [4.78, 5) is 0. The lowest BCUT2D eigenvalue weighted by molar-refractivity contribution is 0.197. The van der Waals surface area contributed by atoms with E-state index in [4.69, 9.17) is 0 Å². The molecular weight excluding hydrogens is 180 g/mol. The zero-order chi connectivity index (χ0) is 11.7. The van der Waals surface area contributed by atoms with Gasteiger partial charge in [-0.15, -0.1) is 0 Å². The Bertz CT molecular complexity index is 128. The van der Waals surface area contributed by atoms with Crippen LogP contribution in [0.3, 0.4) is 0 Å². The highest BCUT2D eigenvalue weighted by atomic mass is 14.3. The third-order valence-corrected chi connectivity index (χ3v) is 4.06. The minimum Gasteiger partial charge on any atom is -0.0654 e. The SMILES string of the molecule is CCCCC(C(C)CC)C(CC)CCC. The van der Waals surface area contributed by atoms with E-state index in [1.807, 2.05) is 0 Å². The van der Waals surface area contributed by atoms with Gasteiger partial charge in [0.2, 0.25) is 0 Å². The summed E-state index contributed by atoms with van der Waals surface area (Å²) in [5.74, 6) is 2.89. The summed E-state index contributed by atoms with van der Waals surface area (Å²) < 4.78 is 0. The van der Waals surface area contributed by atoms with Crippen LogP contribution in [0.25, 0.3) is 0 Å². The maximum Gasteiger partial charge on any atom is -0.0360 e. The van der Waals surface area contributed by atoms with Crippen molar-refractivity contribution >= 4 is 0 Å². The molecule has 0 spiro atoms. The third-order valence-electron chi connectivity index (χ3n) is 4.06. The third kappa shape index (κ3) is 5.58. The molecule has 0 radical (unpaired) electrons. The number of unbranched alkanes of at least 4 members (excludes halogenated alkanes) is 1. The molecule has 0 aliphatic rings. The van der Waals surface area contributed by atoms with Crippen molar-refractivity contribution in [3.63, 3.8) is 0 Å². The lowest BCUT2D eigenvalue weighted by Gasteiger charge is -2.31. The minimum absolute atomic E-state index is 0.924.